The van der Waals surface area contributed by atoms with Crippen LogP contribution < -0.4 is 14.4 Å². The molecule has 8 heteroatoms. The molecule has 3 aromatic carbocycles. The van der Waals surface area contributed by atoms with Gasteiger partial charge in [0, 0.05) is 11.1 Å². The van der Waals surface area contributed by atoms with E-state index in [0.29, 0.717) is 27.8 Å². The third kappa shape index (κ3) is 3.70. The predicted octanol–water partition coefficient (Wildman–Crippen LogP) is 5.56. The number of carbonyl (C=O) groups is 2. The van der Waals surface area contributed by atoms with Gasteiger partial charge in [-0.2, -0.15) is 0 Å². The number of aliphatic hydroxyl groups is 1. The maximum Gasteiger partial charge on any atom is 0.301 e. The second-order valence-electron chi connectivity index (χ2n) is 8.54. The average molecular weight is 501 g/mol. The molecule has 1 atom stereocenters. The first-order valence-corrected chi connectivity index (χ1v) is 12.1. The largest absolute Gasteiger partial charge is 0.507 e. The fourth-order valence-electron chi connectivity index (χ4n) is 4.66. The first-order chi connectivity index (χ1) is 17.3. The molecule has 0 spiro atoms. The number of methoxy groups -OCH3 is 2. The Kier molecular flexibility index (Phi) is 5.97. The zero-order chi connectivity index (χ0) is 25.6. The summed E-state index contributed by atoms with van der Waals surface area (Å²) in [6, 6.07) is 17.0. The lowest BCUT2D eigenvalue weighted by molar-refractivity contribution is -0.132. The Bertz CT molecular complexity index is 1540. The minimum Gasteiger partial charge on any atom is -0.507 e. The minimum atomic E-state index is -0.975. The average Bonchev–Trinajstić information content (AvgIpc) is 3.42. The Balaban J connectivity index is 1.80. The molecular weight excluding hydrogens is 476 g/mol. The molecule has 36 heavy (non-hydrogen) atoms. The molecule has 0 saturated carbocycles. The van der Waals surface area contributed by atoms with Gasteiger partial charge in [0.05, 0.1) is 30.0 Å². The zero-order valence-corrected chi connectivity index (χ0v) is 21.1. The normalized spacial score (nSPS) is 17.1. The molecule has 1 aliphatic heterocycles. The van der Waals surface area contributed by atoms with Crippen molar-refractivity contribution in [2.45, 2.75) is 19.9 Å². The van der Waals surface area contributed by atoms with Crippen LogP contribution in [0.15, 0.2) is 66.2 Å². The molecule has 4 aromatic rings. The molecule has 0 aliphatic carbocycles. The van der Waals surface area contributed by atoms with E-state index in [1.54, 1.807) is 42.5 Å². The molecule has 1 fully saturated rings. The lowest BCUT2D eigenvalue weighted by Crippen LogP contribution is -2.29. The van der Waals surface area contributed by atoms with Crippen molar-refractivity contribution in [2.75, 3.05) is 19.1 Å². The van der Waals surface area contributed by atoms with Crippen LogP contribution in [0.5, 0.6) is 11.5 Å². The Hall–Kier alpha value is -4.17. The van der Waals surface area contributed by atoms with Gasteiger partial charge in [-0.15, -0.1) is 0 Å². The van der Waals surface area contributed by atoms with E-state index >= 15 is 0 Å². The van der Waals surface area contributed by atoms with Crippen LogP contribution >= 0.6 is 11.3 Å². The van der Waals surface area contributed by atoms with E-state index in [1.807, 2.05) is 32.0 Å². The van der Waals surface area contributed by atoms with Gasteiger partial charge in [-0.25, -0.2) is 4.98 Å². The van der Waals surface area contributed by atoms with Gasteiger partial charge in [-0.05, 0) is 37.1 Å². The zero-order valence-electron chi connectivity index (χ0n) is 20.2. The molecule has 1 amide bonds. The smallest absolute Gasteiger partial charge is 0.301 e. The number of aryl methyl sites for hydroxylation is 2. The first-order valence-electron chi connectivity index (χ1n) is 11.3. The van der Waals surface area contributed by atoms with E-state index in [9.17, 15) is 14.7 Å². The maximum atomic E-state index is 13.5. The van der Waals surface area contributed by atoms with E-state index in [4.69, 9.17) is 14.5 Å². The lowest BCUT2D eigenvalue weighted by Gasteiger charge is -2.25. The summed E-state index contributed by atoms with van der Waals surface area (Å²) in [5, 5.41) is 11.7. The fourth-order valence-corrected chi connectivity index (χ4v) is 5.83. The number of rotatable bonds is 5. The molecular formula is C28H24N2O5S. The molecule has 1 N–H and O–H groups in total. The Labute approximate surface area is 212 Å². The van der Waals surface area contributed by atoms with Crippen molar-refractivity contribution in [1.29, 1.82) is 0 Å². The van der Waals surface area contributed by atoms with Crippen LogP contribution in [0.4, 0.5) is 5.13 Å². The van der Waals surface area contributed by atoms with Crippen LogP contribution in [0.1, 0.15) is 28.3 Å². The number of aliphatic hydroxyl groups excluding tert-OH is 1. The third-order valence-corrected chi connectivity index (χ3v) is 7.25. The molecule has 1 aliphatic rings. The highest BCUT2D eigenvalue weighted by molar-refractivity contribution is 7.22. The van der Waals surface area contributed by atoms with Crippen molar-refractivity contribution in [3.63, 3.8) is 0 Å². The Morgan fingerprint density at radius 3 is 2.44 bits per heavy atom. The van der Waals surface area contributed by atoms with Gasteiger partial charge in [0.1, 0.15) is 11.8 Å². The minimum absolute atomic E-state index is 0.0371. The monoisotopic (exact) mass is 500 g/mol. The summed E-state index contributed by atoms with van der Waals surface area (Å²) in [5.41, 5.74) is 3.71. The van der Waals surface area contributed by atoms with Gasteiger partial charge in [0.2, 0.25) is 0 Å². The van der Waals surface area contributed by atoms with E-state index in [0.717, 1.165) is 21.3 Å². The summed E-state index contributed by atoms with van der Waals surface area (Å²) in [6.07, 6.45) is 0. The molecule has 0 bridgehead atoms. The molecule has 182 valence electrons. The third-order valence-electron chi connectivity index (χ3n) is 6.24. The highest BCUT2D eigenvalue weighted by atomic mass is 32.1. The first kappa shape index (κ1) is 23.6. The number of benzene rings is 3. The molecule has 1 aromatic heterocycles. The molecule has 0 radical (unpaired) electrons. The Morgan fingerprint density at radius 1 is 1.00 bits per heavy atom. The number of fused-ring (bicyclic) bond motifs is 1. The van der Waals surface area contributed by atoms with E-state index in [2.05, 4.69) is 0 Å². The highest BCUT2D eigenvalue weighted by Crippen LogP contribution is 2.48. The van der Waals surface area contributed by atoms with Crippen LogP contribution in [0.3, 0.4) is 0 Å². The summed E-state index contributed by atoms with van der Waals surface area (Å²) >= 11 is 1.33. The van der Waals surface area contributed by atoms with Crippen molar-refractivity contribution in [3.8, 4) is 11.5 Å². The number of amides is 1. The molecule has 5 rings (SSSR count). The maximum absolute atomic E-state index is 13.5. The SMILES string of the molecule is COc1cccc([C@@H]2/C(=C(\O)c3ccccc3)C(=O)C(=O)N2c2nc3c(C)cc(C)cc3s2)c1OC. The van der Waals surface area contributed by atoms with Crippen molar-refractivity contribution in [1.82, 2.24) is 4.98 Å². The summed E-state index contributed by atoms with van der Waals surface area (Å²) < 4.78 is 12.1. The molecule has 7 nitrogen and oxygen atoms in total. The van der Waals surface area contributed by atoms with Crippen molar-refractivity contribution >= 4 is 44.1 Å². The standard InChI is InChI=1S/C28H24N2O5S/c1-15-13-16(2)22-20(14-15)36-28(29-22)30-23(18-11-8-12-19(34-3)26(18)35-4)21(25(32)27(30)33)24(31)17-9-6-5-7-10-17/h5-14,23,31H,1-4H3/b24-21+/t23-/m1/s1. The van der Waals surface area contributed by atoms with Crippen LogP contribution in [0.2, 0.25) is 0 Å². The number of para-hydroxylation sites is 1. The second kappa shape index (κ2) is 9.13. The topological polar surface area (TPSA) is 89.0 Å². The van der Waals surface area contributed by atoms with Gasteiger partial charge < -0.3 is 14.6 Å². The van der Waals surface area contributed by atoms with Gasteiger partial charge in [-0.3, -0.25) is 14.5 Å². The number of ketones is 1. The summed E-state index contributed by atoms with van der Waals surface area (Å²) in [6.45, 7) is 3.96. The number of anilines is 1. The number of ether oxygens (including phenoxy) is 2. The highest BCUT2D eigenvalue weighted by Gasteiger charge is 2.49. The molecule has 1 saturated heterocycles. The molecule has 0 unspecified atom stereocenters. The molecule has 2 heterocycles. The van der Waals surface area contributed by atoms with E-state index in [1.165, 1.54) is 30.5 Å². The van der Waals surface area contributed by atoms with Crippen LogP contribution in [0, 0.1) is 13.8 Å². The van der Waals surface area contributed by atoms with Crippen LogP contribution in [0.25, 0.3) is 16.0 Å². The van der Waals surface area contributed by atoms with Crippen molar-refractivity contribution < 1.29 is 24.2 Å². The fraction of sp³-hybridized carbons (Fsp3) is 0.179. The number of thiazole rings is 1. The lowest BCUT2D eigenvalue weighted by atomic mass is 9.94. The second-order valence-corrected chi connectivity index (χ2v) is 9.55. The van der Waals surface area contributed by atoms with Crippen LogP contribution in [-0.4, -0.2) is 36.0 Å². The number of nitrogens with zero attached hydrogens (tertiary/aromatic N) is 2. The number of hydrogen-bond acceptors (Lipinski definition) is 7. The number of aromatic nitrogens is 1. The van der Waals surface area contributed by atoms with Gasteiger partial charge in [0.15, 0.2) is 16.6 Å². The van der Waals surface area contributed by atoms with Gasteiger partial charge in [-0.1, -0.05) is 59.9 Å². The Morgan fingerprint density at radius 2 is 1.75 bits per heavy atom. The number of Topliss-reactive ketones (excluding diaryl/α,β-unsaturated/α-hetero) is 1. The van der Waals surface area contributed by atoms with E-state index < -0.39 is 17.7 Å². The van der Waals surface area contributed by atoms with Crippen molar-refractivity contribution in [2.24, 2.45) is 0 Å². The van der Waals surface area contributed by atoms with E-state index in [-0.39, 0.29) is 11.3 Å². The summed E-state index contributed by atoms with van der Waals surface area (Å²) in [5.74, 6) is -1.02. The summed E-state index contributed by atoms with van der Waals surface area (Å²) in [7, 11) is 3.01. The predicted molar refractivity (Wildman–Crippen MR) is 140 cm³/mol. The van der Waals surface area contributed by atoms with Crippen molar-refractivity contribution in [3.05, 3.63) is 88.5 Å². The number of hydrogen-bond donors (Lipinski definition) is 1. The van der Waals surface area contributed by atoms with Gasteiger partial charge >= 0.3 is 5.91 Å². The van der Waals surface area contributed by atoms with Gasteiger partial charge in [0.25, 0.3) is 5.78 Å². The van der Waals surface area contributed by atoms with Crippen LogP contribution in [-0.2, 0) is 9.59 Å². The quantitative estimate of drug-likeness (QED) is 0.219. The summed E-state index contributed by atoms with van der Waals surface area (Å²) in [4.78, 5) is 33.1. The number of carbonyl (C=O) groups excluding carboxylic acids is 2.